The molecule has 1 aliphatic heterocycles. The van der Waals surface area contributed by atoms with Crippen LogP contribution >= 0.6 is 0 Å². The van der Waals surface area contributed by atoms with Crippen LogP contribution in [0, 0.1) is 11.3 Å². The van der Waals surface area contributed by atoms with E-state index >= 15 is 0 Å². The third-order valence-corrected chi connectivity index (χ3v) is 5.73. The maximum Gasteiger partial charge on any atom is 0.0499 e. The number of hydrogen-bond acceptors (Lipinski definition) is 3. The highest BCUT2D eigenvalue weighted by Crippen LogP contribution is 2.40. The summed E-state index contributed by atoms with van der Waals surface area (Å²) >= 11 is 0. The molecule has 2 fully saturated rings. The van der Waals surface area contributed by atoms with Crippen LogP contribution in [0.2, 0.25) is 0 Å². The molecule has 0 radical (unpaired) electrons. The molecular weight excluding hydrogens is 248 g/mol. The molecule has 2 aliphatic rings. The van der Waals surface area contributed by atoms with Gasteiger partial charge in [-0.1, -0.05) is 26.7 Å². The summed E-state index contributed by atoms with van der Waals surface area (Å²) < 4.78 is 0. The molecule has 1 N–H and O–H groups in total. The Morgan fingerprint density at radius 3 is 2.50 bits per heavy atom. The van der Waals surface area contributed by atoms with Crippen molar-refractivity contribution in [1.82, 2.24) is 9.80 Å². The molecule has 2 atom stereocenters. The number of piperidine rings is 1. The highest BCUT2D eigenvalue weighted by molar-refractivity contribution is 4.89. The molecule has 0 spiro atoms. The maximum atomic E-state index is 9.95. The second-order valence-electron chi connectivity index (χ2n) is 7.44. The highest BCUT2D eigenvalue weighted by atomic mass is 16.3. The van der Waals surface area contributed by atoms with Gasteiger partial charge in [-0.15, -0.1) is 0 Å². The number of likely N-dealkylation sites (tertiary alicyclic amines) is 1. The molecule has 0 bridgehead atoms. The fraction of sp³-hybridized carbons (Fsp3) is 1.00. The lowest BCUT2D eigenvalue weighted by molar-refractivity contribution is 0.00995. The Bertz CT molecular complexity index is 289. The SMILES string of the molecule is CCN1CCC(N(C)CC2(CO)CCCC(C)C2)CC1. The predicted octanol–water partition coefficient (Wildman–Crippen LogP) is 2.59. The molecule has 20 heavy (non-hydrogen) atoms. The summed E-state index contributed by atoms with van der Waals surface area (Å²) in [4.78, 5) is 5.11. The highest BCUT2D eigenvalue weighted by Gasteiger charge is 2.36. The number of rotatable bonds is 5. The number of aliphatic hydroxyl groups is 1. The van der Waals surface area contributed by atoms with Crippen molar-refractivity contribution in [2.45, 2.75) is 58.4 Å². The summed E-state index contributed by atoms with van der Waals surface area (Å²) in [7, 11) is 2.28. The molecule has 0 aromatic rings. The lowest BCUT2D eigenvalue weighted by Crippen LogP contribution is -2.49. The molecule has 3 nitrogen and oxygen atoms in total. The molecule has 1 saturated heterocycles. The monoisotopic (exact) mass is 282 g/mol. The number of nitrogens with zero attached hydrogens (tertiary/aromatic N) is 2. The summed E-state index contributed by atoms with van der Waals surface area (Å²) in [6.07, 6.45) is 7.65. The van der Waals surface area contributed by atoms with Crippen molar-refractivity contribution in [2.75, 3.05) is 39.8 Å². The molecule has 0 amide bonds. The van der Waals surface area contributed by atoms with Gasteiger partial charge in [-0.3, -0.25) is 0 Å². The van der Waals surface area contributed by atoms with E-state index in [0.29, 0.717) is 6.61 Å². The van der Waals surface area contributed by atoms with Gasteiger partial charge in [0.05, 0.1) is 0 Å². The van der Waals surface area contributed by atoms with Crippen molar-refractivity contribution >= 4 is 0 Å². The Morgan fingerprint density at radius 1 is 1.25 bits per heavy atom. The minimum Gasteiger partial charge on any atom is -0.396 e. The first-order valence-corrected chi connectivity index (χ1v) is 8.62. The van der Waals surface area contributed by atoms with E-state index in [2.05, 4.69) is 30.7 Å². The molecule has 1 heterocycles. The van der Waals surface area contributed by atoms with Gasteiger partial charge >= 0.3 is 0 Å². The lowest BCUT2D eigenvalue weighted by Gasteiger charge is -2.44. The summed E-state index contributed by atoms with van der Waals surface area (Å²) in [6.45, 7) is 9.74. The molecule has 1 aliphatic carbocycles. The van der Waals surface area contributed by atoms with Gasteiger partial charge < -0.3 is 14.9 Å². The van der Waals surface area contributed by atoms with Gasteiger partial charge in [0.15, 0.2) is 0 Å². The van der Waals surface area contributed by atoms with Gasteiger partial charge in [-0.25, -0.2) is 0 Å². The van der Waals surface area contributed by atoms with Crippen LogP contribution in [-0.4, -0.2) is 60.8 Å². The Hall–Kier alpha value is -0.120. The zero-order chi connectivity index (χ0) is 14.6. The molecular formula is C17H34N2O. The molecule has 1 saturated carbocycles. The molecule has 2 unspecified atom stereocenters. The van der Waals surface area contributed by atoms with Crippen molar-refractivity contribution in [3.05, 3.63) is 0 Å². The Morgan fingerprint density at radius 2 is 1.95 bits per heavy atom. The van der Waals surface area contributed by atoms with Gasteiger partial charge in [0.25, 0.3) is 0 Å². The second kappa shape index (κ2) is 7.24. The molecule has 2 rings (SSSR count). The van der Waals surface area contributed by atoms with E-state index in [1.54, 1.807) is 0 Å². The first-order valence-electron chi connectivity index (χ1n) is 8.62. The fourth-order valence-electron chi connectivity index (χ4n) is 4.44. The fourth-order valence-corrected chi connectivity index (χ4v) is 4.44. The summed E-state index contributed by atoms with van der Waals surface area (Å²) in [6, 6.07) is 0.721. The standard InChI is InChI=1S/C17H34N2O/c1-4-19-10-7-16(8-11-19)18(3)13-17(14-20)9-5-6-15(2)12-17/h15-16,20H,4-14H2,1-3H3. The van der Waals surface area contributed by atoms with Crippen LogP contribution in [0.15, 0.2) is 0 Å². The van der Waals surface area contributed by atoms with Gasteiger partial charge in [0.1, 0.15) is 0 Å². The first-order chi connectivity index (χ1) is 9.58. The van der Waals surface area contributed by atoms with Crippen molar-refractivity contribution in [1.29, 1.82) is 0 Å². The number of aliphatic hydroxyl groups excluding tert-OH is 1. The average molecular weight is 282 g/mol. The maximum absolute atomic E-state index is 9.95. The van der Waals surface area contributed by atoms with Gasteiger partial charge in [-0.2, -0.15) is 0 Å². The van der Waals surface area contributed by atoms with Crippen molar-refractivity contribution < 1.29 is 5.11 Å². The molecule has 118 valence electrons. The van der Waals surface area contributed by atoms with Crippen LogP contribution in [0.3, 0.4) is 0 Å². The summed E-state index contributed by atoms with van der Waals surface area (Å²) in [5.41, 5.74) is 0.175. The lowest BCUT2D eigenvalue weighted by atomic mass is 9.70. The van der Waals surface area contributed by atoms with Crippen molar-refractivity contribution in [3.63, 3.8) is 0 Å². The van der Waals surface area contributed by atoms with Crippen LogP contribution in [0.25, 0.3) is 0 Å². The largest absolute Gasteiger partial charge is 0.396 e. The van der Waals surface area contributed by atoms with E-state index < -0.39 is 0 Å². The van der Waals surface area contributed by atoms with E-state index in [4.69, 9.17) is 0 Å². The van der Waals surface area contributed by atoms with Crippen LogP contribution in [0.4, 0.5) is 0 Å². The second-order valence-corrected chi connectivity index (χ2v) is 7.44. The zero-order valence-electron chi connectivity index (χ0n) is 13.8. The third kappa shape index (κ3) is 3.96. The van der Waals surface area contributed by atoms with Crippen LogP contribution in [-0.2, 0) is 0 Å². The van der Waals surface area contributed by atoms with E-state index in [-0.39, 0.29) is 5.41 Å². The zero-order valence-corrected chi connectivity index (χ0v) is 13.8. The molecule has 3 heteroatoms. The Balaban J connectivity index is 1.87. The summed E-state index contributed by atoms with van der Waals surface area (Å²) in [5.74, 6) is 0.784. The van der Waals surface area contributed by atoms with E-state index in [1.165, 1.54) is 58.2 Å². The van der Waals surface area contributed by atoms with Crippen molar-refractivity contribution in [2.24, 2.45) is 11.3 Å². The topological polar surface area (TPSA) is 26.7 Å². The van der Waals surface area contributed by atoms with Crippen LogP contribution < -0.4 is 0 Å². The average Bonchev–Trinajstić information content (AvgIpc) is 2.47. The van der Waals surface area contributed by atoms with Gasteiger partial charge in [-0.05, 0) is 58.3 Å². The normalized spacial score (nSPS) is 33.8. The van der Waals surface area contributed by atoms with Crippen LogP contribution in [0.5, 0.6) is 0 Å². The summed E-state index contributed by atoms with van der Waals surface area (Å²) in [5, 5.41) is 9.95. The first kappa shape index (κ1) is 16.3. The minimum absolute atomic E-state index is 0.175. The smallest absolute Gasteiger partial charge is 0.0499 e. The molecule has 0 aromatic carbocycles. The minimum atomic E-state index is 0.175. The molecule has 0 aromatic heterocycles. The van der Waals surface area contributed by atoms with Gasteiger partial charge in [0, 0.05) is 24.6 Å². The Labute approximate surface area is 125 Å². The van der Waals surface area contributed by atoms with Gasteiger partial charge in [0.2, 0.25) is 0 Å². The van der Waals surface area contributed by atoms with E-state index in [1.807, 2.05) is 0 Å². The number of hydrogen-bond donors (Lipinski definition) is 1. The third-order valence-electron chi connectivity index (χ3n) is 5.73. The predicted molar refractivity (Wildman–Crippen MR) is 84.9 cm³/mol. The van der Waals surface area contributed by atoms with Crippen LogP contribution in [0.1, 0.15) is 52.4 Å². The van der Waals surface area contributed by atoms with Crippen molar-refractivity contribution in [3.8, 4) is 0 Å². The Kier molecular flexibility index (Phi) is 5.88. The van der Waals surface area contributed by atoms with E-state index in [0.717, 1.165) is 18.5 Å². The quantitative estimate of drug-likeness (QED) is 0.839. The van der Waals surface area contributed by atoms with E-state index in [9.17, 15) is 5.11 Å².